The first-order valence-electron chi connectivity index (χ1n) is 3.52. The quantitative estimate of drug-likeness (QED) is 0.377. The van der Waals surface area contributed by atoms with E-state index in [-0.39, 0.29) is 11.7 Å². The minimum absolute atomic E-state index is 0.164. The predicted octanol–water partition coefficient (Wildman–Crippen LogP) is 0.166. The summed E-state index contributed by atoms with van der Waals surface area (Å²) in [4.78, 5) is 10.6. The molecule has 66 valence electrons. The summed E-state index contributed by atoms with van der Waals surface area (Å²) in [5, 5.41) is 0. The zero-order valence-corrected chi connectivity index (χ0v) is 8.23. The van der Waals surface area contributed by atoms with Gasteiger partial charge in [0.25, 0.3) is 0 Å². The van der Waals surface area contributed by atoms with E-state index in [2.05, 4.69) is 33.8 Å². The van der Waals surface area contributed by atoms with E-state index >= 15 is 0 Å². The highest BCUT2D eigenvalue weighted by Crippen LogP contribution is 1.90. The van der Waals surface area contributed by atoms with Crippen molar-refractivity contribution in [3.05, 3.63) is 0 Å². The summed E-state index contributed by atoms with van der Waals surface area (Å²) in [6.45, 7) is 1.31. The first-order valence-corrected chi connectivity index (χ1v) is 4.16. The third-order valence-electron chi connectivity index (χ3n) is 1.15. The van der Waals surface area contributed by atoms with E-state index in [0.717, 1.165) is 11.0 Å². The van der Waals surface area contributed by atoms with Crippen LogP contribution in [0, 0.1) is 0 Å². The van der Waals surface area contributed by atoms with Gasteiger partial charge in [0, 0.05) is 0 Å². The van der Waals surface area contributed by atoms with Crippen LogP contribution in [-0.4, -0.2) is 50.5 Å². The summed E-state index contributed by atoms with van der Waals surface area (Å²) in [6.07, 6.45) is 0. The van der Waals surface area contributed by atoms with Crippen molar-refractivity contribution in [2.75, 3.05) is 40.0 Å². The van der Waals surface area contributed by atoms with Crippen LogP contribution in [0.5, 0.6) is 0 Å². The number of hydrogen-bond acceptors (Lipinski definition) is 3. The van der Waals surface area contributed by atoms with E-state index in [4.69, 9.17) is 4.74 Å². The second-order valence-corrected chi connectivity index (χ2v) is 3.71. The molecule has 0 atom stereocenters. The molecule has 0 N–H and O–H groups in total. The molecule has 0 spiro atoms. The number of rotatable bonds is 4. The standard InChI is InChI=1S/C7H15NO2S/c1-8(2,3)4-5-10-7(9)6-11/h4-6H2,1-3H3/p+1. The highest BCUT2D eigenvalue weighted by Gasteiger charge is 2.07. The molecule has 0 saturated carbocycles. The Labute approximate surface area is 73.3 Å². The predicted molar refractivity (Wildman–Crippen MR) is 47.7 cm³/mol. The largest absolute Gasteiger partial charge is 0.459 e. The number of thiol groups is 1. The molecule has 0 rings (SSSR count). The molecule has 0 amide bonds. The van der Waals surface area contributed by atoms with E-state index in [1.807, 2.05) is 0 Å². The van der Waals surface area contributed by atoms with Crippen molar-refractivity contribution in [2.24, 2.45) is 0 Å². The molecular weight excluding hydrogens is 162 g/mol. The van der Waals surface area contributed by atoms with E-state index in [0.29, 0.717) is 6.61 Å². The number of nitrogens with zero attached hydrogens (tertiary/aromatic N) is 1. The smallest absolute Gasteiger partial charge is 0.315 e. The summed E-state index contributed by atoms with van der Waals surface area (Å²) in [6, 6.07) is 0. The van der Waals surface area contributed by atoms with Gasteiger partial charge < -0.3 is 9.22 Å². The number of carbonyl (C=O) groups is 1. The van der Waals surface area contributed by atoms with Gasteiger partial charge in [-0.1, -0.05) is 0 Å². The summed E-state index contributed by atoms with van der Waals surface area (Å²) >= 11 is 3.78. The van der Waals surface area contributed by atoms with Crippen molar-refractivity contribution in [3.63, 3.8) is 0 Å². The average molecular weight is 178 g/mol. The van der Waals surface area contributed by atoms with Crippen LogP contribution < -0.4 is 0 Å². The van der Waals surface area contributed by atoms with Crippen molar-refractivity contribution < 1.29 is 14.0 Å². The minimum Gasteiger partial charge on any atom is -0.459 e. The van der Waals surface area contributed by atoms with Crippen molar-refractivity contribution >= 4 is 18.6 Å². The zero-order chi connectivity index (χ0) is 8.91. The summed E-state index contributed by atoms with van der Waals surface area (Å²) < 4.78 is 5.64. The fourth-order valence-corrected chi connectivity index (χ4v) is 0.570. The van der Waals surface area contributed by atoms with Gasteiger partial charge in [0.05, 0.1) is 26.9 Å². The Morgan fingerprint density at radius 1 is 1.45 bits per heavy atom. The van der Waals surface area contributed by atoms with E-state index < -0.39 is 0 Å². The summed E-state index contributed by atoms with van der Waals surface area (Å²) in [5.74, 6) is -0.0845. The van der Waals surface area contributed by atoms with Crippen LogP contribution >= 0.6 is 12.6 Å². The number of carbonyl (C=O) groups excluding carboxylic acids is 1. The number of esters is 1. The van der Waals surface area contributed by atoms with Crippen molar-refractivity contribution in [3.8, 4) is 0 Å². The SMILES string of the molecule is C[N+](C)(C)CCOC(=O)CS. The summed E-state index contributed by atoms with van der Waals surface area (Å²) in [5.41, 5.74) is 0. The second-order valence-electron chi connectivity index (χ2n) is 3.39. The molecular formula is C7H16NO2S+. The van der Waals surface area contributed by atoms with Gasteiger partial charge >= 0.3 is 5.97 Å². The molecule has 4 heteroatoms. The highest BCUT2D eigenvalue weighted by molar-refractivity contribution is 7.81. The third kappa shape index (κ3) is 7.68. The molecule has 0 aliphatic heterocycles. The van der Waals surface area contributed by atoms with Crippen LogP contribution in [0.25, 0.3) is 0 Å². The van der Waals surface area contributed by atoms with Gasteiger partial charge in [0.15, 0.2) is 0 Å². The van der Waals surface area contributed by atoms with Gasteiger partial charge in [0.2, 0.25) is 0 Å². The monoisotopic (exact) mass is 178 g/mol. The average Bonchev–Trinajstić information content (AvgIpc) is 1.85. The lowest BCUT2D eigenvalue weighted by Gasteiger charge is -2.23. The maximum Gasteiger partial charge on any atom is 0.315 e. The van der Waals surface area contributed by atoms with Gasteiger partial charge in [0.1, 0.15) is 13.2 Å². The molecule has 0 aromatic carbocycles. The van der Waals surface area contributed by atoms with Crippen LogP contribution in [-0.2, 0) is 9.53 Å². The molecule has 0 aromatic rings. The lowest BCUT2D eigenvalue weighted by Crippen LogP contribution is -2.38. The minimum atomic E-state index is -0.248. The maximum atomic E-state index is 10.6. The van der Waals surface area contributed by atoms with Gasteiger partial charge in [-0.25, -0.2) is 0 Å². The number of hydrogen-bond donors (Lipinski definition) is 1. The molecule has 0 aromatic heterocycles. The van der Waals surface area contributed by atoms with Gasteiger partial charge in [-0.05, 0) is 0 Å². The summed E-state index contributed by atoms with van der Waals surface area (Å²) in [7, 11) is 6.15. The molecule has 0 fully saturated rings. The lowest BCUT2D eigenvalue weighted by atomic mass is 10.5. The van der Waals surface area contributed by atoms with Crippen LogP contribution in [0.15, 0.2) is 0 Å². The van der Waals surface area contributed by atoms with Crippen LogP contribution in [0.4, 0.5) is 0 Å². The van der Waals surface area contributed by atoms with Crippen molar-refractivity contribution in [2.45, 2.75) is 0 Å². The normalized spacial score (nSPS) is 11.3. The van der Waals surface area contributed by atoms with Crippen molar-refractivity contribution in [1.29, 1.82) is 0 Å². The fraction of sp³-hybridized carbons (Fsp3) is 0.857. The molecule has 0 aliphatic rings. The molecule has 0 aliphatic carbocycles. The van der Waals surface area contributed by atoms with E-state index in [9.17, 15) is 4.79 Å². The Morgan fingerprint density at radius 3 is 2.36 bits per heavy atom. The Morgan fingerprint density at radius 2 is 2.00 bits per heavy atom. The topological polar surface area (TPSA) is 26.3 Å². The molecule has 3 nitrogen and oxygen atoms in total. The first-order chi connectivity index (χ1) is 4.95. The van der Waals surface area contributed by atoms with Crippen LogP contribution in [0.1, 0.15) is 0 Å². The Kier molecular flexibility index (Phi) is 4.52. The molecule has 0 heterocycles. The molecule has 0 unspecified atom stereocenters. The lowest BCUT2D eigenvalue weighted by molar-refractivity contribution is -0.870. The molecule has 0 radical (unpaired) electrons. The van der Waals surface area contributed by atoms with E-state index in [1.165, 1.54) is 0 Å². The van der Waals surface area contributed by atoms with E-state index in [1.54, 1.807) is 0 Å². The third-order valence-corrected chi connectivity index (χ3v) is 1.41. The number of ether oxygens (including phenoxy) is 1. The van der Waals surface area contributed by atoms with Crippen molar-refractivity contribution in [1.82, 2.24) is 0 Å². The number of quaternary nitrogens is 1. The maximum absolute atomic E-state index is 10.6. The van der Waals surface area contributed by atoms with Gasteiger partial charge in [-0.2, -0.15) is 12.6 Å². The van der Waals surface area contributed by atoms with Gasteiger partial charge in [-0.15, -0.1) is 0 Å². The zero-order valence-electron chi connectivity index (χ0n) is 7.33. The fourth-order valence-electron chi connectivity index (χ4n) is 0.479. The first kappa shape index (κ1) is 10.8. The van der Waals surface area contributed by atoms with Crippen LogP contribution in [0.2, 0.25) is 0 Å². The Bertz CT molecular complexity index is 131. The second kappa shape index (κ2) is 4.62. The highest BCUT2D eigenvalue weighted by atomic mass is 32.1. The molecule has 0 bridgehead atoms. The number of likely N-dealkylation sites (N-methyl/N-ethyl adjacent to an activating group) is 1. The Hall–Kier alpha value is -0.220. The molecule has 0 saturated heterocycles. The van der Waals surface area contributed by atoms with Crippen LogP contribution in [0.3, 0.4) is 0 Å². The van der Waals surface area contributed by atoms with Gasteiger partial charge in [-0.3, -0.25) is 4.79 Å². The molecule has 11 heavy (non-hydrogen) atoms. The Balaban J connectivity index is 3.35.